The number of methoxy groups -OCH3 is 1. The maximum absolute atomic E-state index is 14.3. The molecule has 70 heavy (non-hydrogen) atoms. The Hall–Kier alpha value is -9.53. The Morgan fingerprint density at radius 2 is 0.871 bits per heavy atom. The zero-order chi connectivity index (χ0) is 49.6. The molecule has 8 aromatic rings. The molecule has 8 rings (SSSR count). The maximum Gasteiger partial charge on any atom is 0.356 e. The van der Waals surface area contributed by atoms with Gasteiger partial charge in [-0.05, 0) is 63.2 Å². The molecule has 0 saturated heterocycles. The van der Waals surface area contributed by atoms with Gasteiger partial charge in [0.15, 0.2) is 17.8 Å². The number of aliphatic carboxylic acids is 1. The minimum absolute atomic E-state index is 0.00631. The molecule has 0 aliphatic carbocycles. The van der Waals surface area contributed by atoms with Gasteiger partial charge in [0.2, 0.25) is 0 Å². The van der Waals surface area contributed by atoms with Crippen LogP contribution >= 0.6 is 0 Å². The van der Waals surface area contributed by atoms with Crippen molar-refractivity contribution in [2.75, 3.05) is 49.5 Å². The van der Waals surface area contributed by atoms with Gasteiger partial charge in [0, 0.05) is 51.9 Å². The van der Waals surface area contributed by atoms with E-state index in [2.05, 4.69) is 35.9 Å². The van der Waals surface area contributed by atoms with E-state index in [9.17, 15) is 39.2 Å². The Balaban J connectivity index is 1.14. The number of carboxylic acids is 1. The van der Waals surface area contributed by atoms with Crippen molar-refractivity contribution in [1.29, 1.82) is 0 Å². The van der Waals surface area contributed by atoms with Crippen molar-refractivity contribution in [2.24, 2.45) is 0 Å². The first-order valence-corrected chi connectivity index (χ1v) is 21.5. The molecule has 0 bridgehead atoms. The molecule has 0 unspecified atom stereocenters. The molecule has 4 aromatic heterocycles. The van der Waals surface area contributed by atoms with Gasteiger partial charge < -0.3 is 44.7 Å². The van der Waals surface area contributed by atoms with Crippen LogP contribution in [0.15, 0.2) is 97.1 Å². The number of carbonyl (C=O) groups is 5. The number of hydrogen-bond acceptors (Lipinski definition) is 16. The van der Waals surface area contributed by atoms with Crippen LogP contribution in [0.25, 0.3) is 43.6 Å². The highest BCUT2D eigenvalue weighted by Crippen LogP contribution is 2.36. The van der Waals surface area contributed by atoms with Crippen molar-refractivity contribution in [3.8, 4) is 23.0 Å². The van der Waals surface area contributed by atoms with Gasteiger partial charge in [-0.1, -0.05) is 24.3 Å². The highest BCUT2D eigenvalue weighted by Gasteiger charge is 2.24. The van der Waals surface area contributed by atoms with Gasteiger partial charge in [-0.25, -0.2) is 29.5 Å². The zero-order valence-electron chi connectivity index (χ0n) is 37.6. The number of carboxylic acid groups (broad SMARTS) is 1. The molecule has 3 amide bonds. The van der Waals surface area contributed by atoms with Gasteiger partial charge in [-0.3, -0.25) is 24.5 Å². The second-order valence-corrected chi connectivity index (χ2v) is 14.9. The SMILES string of the molecule is CCOc1cc(C(=O)Nc2cccc3c(OCC(=O)O)cc(C(=O)OC)nc23)nc2c(NC(=O)c3cc(OCC)c4cccc(NC(=O)c5cc(OCC)c6cccc([N+](=O)[O-])c6n5)c4n3)cccc12. The first-order valence-electron chi connectivity index (χ1n) is 21.5. The number of aromatic nitrogens is 4. The Kier molecular flexibility index (Phi) is 13.5. The second kappa shape index (κ2) is 20.1. The summed E-state index contributed by atoms with van der Waals surface area (Å²) in [5.41, 5.74) is -0.167. The van der Waals surface area contributed by atoms with Gasteiger partial charge in [-0.15, -0.1) is 0 Å². The minimum Gasteiger partial charge on any atom is -0.493 e. The van der Waals surface area contributed by atoms with Crippen molar-refractivity contribution in [1.82, 2.24) is 19.9 Å². The lowest BCUT2D eigenvalue weighted by molar-refractivity contribution is -0.383. The molecule has 0 radical (unpaired) electrons. The van der Waals surface area contributed by atoms with E-state index in [0.29, 0.717) is 16.2 Å². The first kappa shape index (κ1) is 47.0. The third-order valence-corrected chi connectivity index (χ3v) is 10.5. The van der Waals surface area contributed by atoms with Gasteiger partial charge in [0.05, 0.1) is 65.5 Å². The number of esters is 1. The van der Waals surface area contributed by atoms with Crippen molar-refractivity contribution in [3.63, 3.8) is 0 Å². The number of para-hydroxylation sites is 4. The summed E-state index contributed by atoms with van der Waals surface area (Å²) in [6.45, 7) is 5.14. The number of pyridine rings is 4. The fourth-order valence-corrected chi connectivity index (χ4v) is 7.51. The maximum atomic E-state index is 14.3. The van der Waals surface area contributed by atoms with Crippen LogP contribution in [0.2, 0.25) is 0 Å². The standard InChI is InChI=1S/C49H40N8O13/c1-5-67-37-20-32(50-43-26(37)13-9-17-30(43)55-48(62)34-22-39(69-7-3)28-15-11-19-36(57(64)65)45(28)52-34)46(60)54-29-16-8-12-25-38(68-6-2)21-33(51-42(25)29)47(61)56-31-18-10-14-27-40(70-24-41(58)59)23-35(49(63)66-4)53-44(27)31/h8-23H,5-7,24H2,1-4H3,(H,54,60)(H,55,62)(H,56,61)(H,58,59). The topological polar surface area (TPSA) is 283 Å². The second-order valence-electron chi connectivity index (χ2n) is 14.9. The predicted octanol–water partition coefficient (Wildman–Crippen LogP) is 7.99. The minimum atomic E-state index is -1.26. The molecular formula is C49H40N8O13. The molecule has 21 nitrogen and oxygen atoms in total. The number of amides is 3. The fourth-order valence-electron chi connectivity index (χ4n) is 7.51. The molecule has 21 heteroatoms. The molecule has 0 atom stereocenters. The van der Waals surface area contributed by atoms with Crippen LogP contribution in [-0.2, 0) is 9.53 Å². The molecule has 4 heterocycles. The lowest BCUT2D eigenvalue weighted by Gasteiger charge is -2.16. The number of carbonyl (C=O) groups excluding carboxylic acids is 4. The van der Waals surface area contributed by atoms with E-state index in [4.69, 9.17) is 23.7 Å². The number of nitro benzene ring substituents is 1. The average Bonchev–Trinajstić information content (AvgIpc) is 3.35. The number of rotatable bonds is 17. The quantitative estimate of drug-likeness (QED) is 0.0382. The van der Waals surface area contributed by atoms with Gasteiger partial charge >= 0.3 is 11.9 Å². The number of nitrogens with zero attached hydrogens (tertiary/aromatic N) is 5. The Bertz CT molecular complexity index is 3460. The predicted molar refractivity (Wildman–Crippen MR) is 255 cm³/mol. The summed E-state index contributed by atoms with van der Waals surface area (Å²) in [7, 11) is 1.15. The number of fused-ring (bicyclic) bond motifs is 4. The molecule has 354 valence electrons. The summed E-state index contributed by atoms with van der Waals surface area (Å²) in [6, 6.07) is 24.4. The molecule has 4 N–H and O–H groups in total. The fraction of sp³-hybridized carbons (Fsp3) is 0.163. The third-order valence-electron chi connectivity index (χ3n) is 10.5. The summed E-state index contributed by atoms with van der Waals surface area (Å²) < 4.78 is 28.0. The molecule has 4 aromatic carbocycles. The van der Waals surface area contributed by atoms with E-state index >= 15 is 0 Å². The lowest BCUT2D eigenvalue weighted by atomic mass is 10.1. The number of hydrogen-bond donors (Lipinski definition) is 4. The summed E-state index contributed by atoms with van der Waals surface area (Å²) in [5.74, 6) is -3.55. The Morgan fingerprint density at radius 1 is 0.529 bits per heavy atom. The average molecular weight is 949 g/mol. The van der Waals surface area contributed by atoms with Crippen LogP contribution in [0.1, 0.15) is 62.7 Å². The van der Waals surface area contributed by atoms with Crippen LogP contribution in [0, 0.1) is 10.1 Å². The summed E-state index contributed by atoms with van der Waals surface area (Å²) in [4.78, 5) is 95.7. The van der Waals surface area contributed by atoms with E-state index in [-0.39, 0.29) is 116 Å². The van der Waals surface area contributed by atoms with Gasteiger partial charge in [0.25, 0.3) is 23.4 Å². The van der Waals surface area contributed by atoms with Gasteiger partial charge in [0.1, 0.15) is 40.1 Å². The number of nitro groups is 1. The van der Waals surface area contributed by atoms with Crippen LogP contribution in [0.4, 0.5) is 22.7 Å². The first-order chi connectivity index (χ1) is 33.8. The van der Waals surface area contributed by atoms with Crippen molar-refractivity contribution in [2.45, 2.75) is 20.8 Å². The summed E-state index contributed by atoms with van der Waals surface area (Å²) in [5, 5.41) is 31.1. The summed E-state index contributed by atoms with van der Waals surface area (Å²) >= 11 is 0. The van der Waals surface area contributed by atoms with Crippen molar-refractivity contribution in [3.05, 3.63) is 130 Å². The lowest BCUT2D eigenvalue weighted by Crippen LogP contribution is -2.18. The molecule has 0 spiro atoms. The van der Waals surface area contributed by atoms with Crippen LogP contribution < -0.4 is 34.9 Å². The van der Waals surface area contributed by atoms with Crippen molar-refractivity contribution < 1.29 is 57.7 Å². The number of benzene rings is 4. The van der Waals surface area contributed by atoms with E-state index in [1.165, 1.54) is 42.5 Å². The molecular weight excluding hydrogens is 909 g/mol. The molecule has 0 saturated carbocycles. The zero-order valence-corrected chi connectivity index (χ0v) is 37.6. The molecule has 0 fully saturated rings. The van der Waals surface area contributed by atoms with Gasteiger partial charge in [-0.2, -0.15) is 0 Å². The van der Waals surface area contributed by atoms with E-state index in [1.807, 2.05) is 0 Å². The van der Waals surface area contributed by atoms with E-state index < -0.39 is 41.2 Å². The van der Waals surface area contributed by atoms with Crippen molar-refractivity contribution >= 4 is 96.0 Å². The van der Waals surface area contributed by atoms with E-state index in [0.717, 1.165) is 7.11 Å². The monoisotopic (exact) mass is 948 g/mol. The Labute approximate surface area is 395 Å². The number of nitrogens with one attached hydrogen (secondary N) is 3. The number of anilines is 3. The normalized spacial score (nSPS) is 11.0. The molecule has 0 aliphatic rings. The van der Waals surface area contributed by atoms with Crippen LogP contribution in [0.3, 0.4) is 0 Å². The highest BCUT2D eigenvalue weighted by molar-refractivity contribution is 6.14. The van der Waals surface area contributed by atoms with Crippen LogP contribution in [-0.4, -0.2) is 93.2 Å². The molecule has 0 aliphatic heterocycles. The third kappa shape index (κ3) is 9.51. The van der Waals surface area contributed by atoms with E-state index in [1.54, 1.807) is 75.4 Å². The Morgan fingerprint density at radius 3 is 1.24 bits per heavy atom. The highest BCUT2D eigenvalue weighted by atomic mass is 16.6. The summed E-state index contributed by atoms with van der Waals surface area (Å²) in [6.07, 6.45) is 0. The number of ether oxygens (including phenoxy) is 5. The smallest absolute Gasteiger partial charge is 0.356 e. The largest absolute Gasteiger partial charge is 0.493 e. The van der Waals surface area contributed by atoms with Crippen LogP contribution in [0.5, 0.6) is 23.0 Å². The number of non-ortho nitro benzene ring substituents is 1.